The lowest BCUT2D eigenvalue weighted by Gasteiger charge is -2.09. The second kappa shape index (κ2) is 4.30. The zero-order valence-corrected chi connectivity index (χ0v) is 8.82. The summed E-state index contributed by atoms with van der Waals surface area (Å²) < 4.78 is 5.53. The highest BCUT2D eigenvalue weighted by atomic mass is 16.5. The normalized spacial score (nSPS) is 15.3. The molecule has 0 heterocycles. The van der Waals surface area contributed by atoms with Crippen LogP contribution in [0.2, 0.25) is 0 Å². The van der Waals surface area contributed by atoms with Gasteiger partial charge < -0.3 is 4.74 Å². The molecular weight excluding hydrogens is 188 g/mol. The molecular formula is C13H14O2. The van der Waals surface area contributed by atoms with Crippen LogP contribution in [-0.2, 0) is 4.79 Å². The fourth-order valence-corrected chi connectivity index (χ4v) is 1.82. The number of carbonyl (C=O) groups excluding carboxylic acids is 1. The molecule has 1 aliphatic rings. The Labute approximate surface area is 89.6 Å². The van der Waals surface area contributed by atoms with E-state index in [0.29, 0.717) is 13.0 Å². The van der Waals surface area contributed by atoms with Gasteiger partial charge in [0.1, 0.15) is 5.75 Å². The van der Waals surface area contributed by atoms with Gasteiger partial charge in [0.25, 0.3) is 0 Å². The molecule has 0 saturated heterocycles. The molecule has 2 heteroatoms. The quantitative estimate of drug-likeness (QED) is 0.753. The lowest BCUT2D eigenvalue weighted by atomic mass is 10.0. The summed E-state index contributed by atoms with van der Waals surface area (Å²) in [6.07, 6.45) is 3.20. The van der Waals surface area contributed by atoms with Crippen LogP contribution in [0.25, 0.3) is 5.57 Å². The fourth-order valence-electron chi connectivity index (χ4n) is 1.82. The molecule has 1 aromatic rings. The van der Waals surface area contributed by atoms with E-state index in [4.69, 9.17) is 4.74 Å². The van der Waals surface area contributed by atoms with Gasteiger partial charge in [0, 0.05) is 12.0 Å². The Hall–Kier alpha value is -1.57. The minimum absolute atomic E-state index is 0.219. The molecule has 0 saturated carbocycles. The summed E-state index contributed by atoms with van der Waals surface area (Å²) in [5.41, 5.74) is 2.16. The highest BCUT2D eigenvalue weighted by Gasteiger charge is 2.16. The first-order valence-electron chi connectivity index (χ1n) is 5.27. The van der Waals surface area contributed by atoms with Crippen molar-refractivity contribution in [3.63, 3.8) is 0 Å². The van der Waals surface area contributed by atoms with E-state index in [2.05, 4.69) is 0 Å². The fraction of sp³-hybridized carbons (Fsp3) is 0.308. The standard InChI is InChI=1S/C13H14O2/c1-2-15-13-6-4-3-5-12(13)10-7-8-11(14)9-10/h3-6,9H,2,7-8H2,1H3. The summed E-state index contributed by atoms with van der Waals surface area (Å²) in [6.45, 7) is 2.61. The van der Waals surface area contributed by atoms with Crippen LogP contribution in [0.15, 0.2) is 30.3 Å². The maximum atomic E-state index is 11.2. The van der Waals surface area contributed by atoms with Crippen LogP contribution in [0.3, 0.4) is 0 Å². The van der Waals surface area contributed by atoms with Crippen molar-refractivity contribution in [1.82, 2.24) is 0 Å². The van der Waals surface area contributed by atoms with E-state index < -0.39 is 0 Å². The molecule has 0 N–H and O–H groups in total. The van der Waals surface area contributed by atoms with Gasteiger partial charge in [-0.1, -0.05) is 18.2 Å². The van der Waals surface area contributed by atoms with Crippen LogP contribution in [0, 0.1) is 0 Å². The molecule has 0 unspecified atom stereocenters. The van der Waals surface area contributed by atoms with Gasteiger partial charge in [-0.25, -0.2) is 0 Å². The summed E-state index contributed by atoms with van der Waals surface area (Å²) in [7, 11) is 0. The van der Waals surface area contributed by atoms with E-state index in [9.17, 15) is 4.79 Å². The Bertz CT molecular complexity index is 405. The first kappa shape index (κ1) is 9.97. The van der Waals surface area contributed by atoms with Crippen molar-refractivity contribution in [2.24, 2.45) is 0 Å². The van der Waals surface area contributed by atoms with E-state index in [1.165, 1.54) is 0 Å². The van der Waals surface area contributed by atoms with Crippen LogP contribution < -0.4 is 4.74 Å². The average Bonchev–Trinajstić information content (AvgIpc) is 2.66. The smallest absolute Gasteiger partial charge is 0.156 e. The van der Waals surface area contributed by atoms with Crippen LogP contribution >= 0.6 is 0 Å². The van der Waals surface area contributed by atoms with Crippen molar-refractivity contribution in [2.75, 3.05) is 6.61 Å². The van der Waals surface area contributed by atoms with Crippen LogP contribution in [0.5, 0.6) is 5.75 Å². The van der Waals surface area contributed by atoms with Gasteiger partial charge in [-0.2, -0.15) is 0 Å². The first-order chi connectivity index (χ1) is 7.31. The van der Waals surface area contributed by atoms with Crippen molar-refractivity contribution in [3.8, 4) is 5.75 Å². The number of benzene rings is 1. The first-order valence-corrected chi connectivity index (χ1v) is 5.27. The van der Waals surface area contributed by atoms with Gasteiger partial charge in [-0.15, -0.1) is 0 Å². The minimum Gasteiger partial charge on any atom is -0.493 e. The highest BCUT2D eigenvalue weighted by Crippen LogP contribution is 2.32. The topological polar surface area (TPSA) is 26.3 Å². The van der Waals surface area contributed by atoms with Crippen molar-refractivity contribution in [2.45, 2.75) is 19.8 Å². The third-order valence-corrected chi connectivity index (χ3v) is 2.51. The number of allylic oxidation sites excluding steroid dienone is 2. The molecule has 78 valence electrons. The highest BCUT2D eigenvalue weighted by molar-refractivity contribution is 6.02. The van der Waals surface area contributed by atoms with Crippen LogP contribution in [0.1, 0.15) is 25.3 Å². The number of para-hydroxylation sites is 1. The van der Waals surface area contributed by atoms with Gasteiger partial charge in [-0.05, 0) is 31.1 Å². The number of hydrogen-bond donors (Lipinski definition) is 0. The lowest BCUT2D eigenvalue weighted by Crippen LogP contribution is -1.95. The minimum atomic E-state index is 0.219. The molecule has 0 spiro atoms. The SMILES string of the molecule is CCOc1ccccc1C1=CC(=O)CC1. The van der Waals surface area contributed by atoms with Crippen molar-refractivity contribution in [1.29, 1.82) is 0 Å². The van der Waals surface area contributed by atoms with Crippen LogP contribution in [0.4, 0.5) is 0 Å². The number of carbonyl (C=O) groups is 1. The monoisotopic (exact) mass is 202 g/mol. The molecule has 1 aromatic carbocycles. The number of hydrogen-bond acceptors (Lipinski definition) is 2. The van der Waals surface area contributed by atoms with Crippen LogP contribution in [-0.4, -0.2) is 12.4 Å². The second-order valence-corrected chi connectivity index (χ2v) is 3.57. The predicted molar refractivity (Wildman–Crippen MR) is 59.8 cm³/mol. The Morgan fingerprint density at radius 2 is 2.07 bits per heavy atom. The van der Waals surface area contributed by atoms with Gasteiger partial charge in [-0.3, -0.25) is 4.79 Å². The lowest BCUT2D eigenvalue weighted by molar-refractivity contribution is -0.114. The van der Waals surface area contributed by atoms with Gasteiger partial charge >= 0.3 is 0 Å². The third kappa shape index (κ3) is 2.09. The Morgan fingerprint density at radius 1 is 1.27 bits per heavy atom. The van der Waals surface area contributed by atoms with Crippen molar-refractivity contribution < 1.29 is 9.53 Å². The molecule has 1 aliphatic carbocycles. The average molecular weight is 202 g/mol. The molecule has 0 aromatic heterocycles. The number of ketones is 1. The predicted octanol–water partition coefficient (Wildman–Crippen LogP) is 2.83. The summed E-state index contributed by atoms with van der Waals surface area (Å²) in [5.74, 6) is 1.09. The largest absolute Gasteiger partial charge is 0.493 e. The number of ether oxygens (including phenoxy) is 1. The van der Waals surface area contributed by atoms with Gasteiger partial charge in [0.05, 0.1) is 6.61 Å². The zero-order valence-electron chi connectivity index (χ0n) is 8.82. The van der Waals surface area contributed by atoms with E-state index in [1.807, 2.05) is 31.2 Å². The maximum absolute atomic E-state index is 11.2. The second-order valence-electron chi connectivity index (χ2n) is 3.57. The van der Waals surface area contributed by atoms with Crippen molar-refractivity contribution in [3.05, 3.63) is 35.9 Å². The molecule has 0 radical (unpaired) electrons. The number of rotatable bonds is 3. The molecule has 0 amide bonds. The van der Waals surface area contributed by atoms with Crippen molar-refractivity contribution >= 4 is 11.4 Å². The Morgan fingerprint density at radius 3 is 2.73 bits per heavy atom. The molecule has 0 aliphatic heterocycles. The molecule has 0 bridgehead atoms. The maximum Gasteiger partial charge on any atom is 0.156 e. The third-order valence-electron chi connectivity index (χ3n) is 2.51. The molecule has 15 heavy (non-hydrogen) atoms. The van der Waals surface area contributed by atoms with Gasteiger partial charge in [0.15, 0.2) is 5.78 Å². The zero-order chi connectivity index (χ0) is 10.7. The van der Waals surface area contributed by atoms with Gasteiger partial charge in [0.2, 0.25) is 0 Å². The Balaban J connectivity index is 2.34. The summed E-state index contributed by atoms with van der Waals surface area (Å²) in [4.78, 5) is 11.2. The molecule has 0 fully saturated rings. The summed E-state index contributed by atoms with van der Waals surface area (Å²) in [5, 5.41) is 0. The van der Waals surface area contributed by atoms with E-state index in [0.717, 1.165) is 23.3 Å². The van der Waals surface area contributed by atoms with E-state index in [-0.39, 0.29) is 5.78 Å². The molecule has 2 rings (SSSR count). The van der Waals surface area contributed by atoms with E-state index in [1.54, 1.807) is 6.08 Å². The molecule has 0 atom stereocenters. The summed E-state index contributed by atoms with van der Waals surface area (Å²) >= 11 is 0. The van der Waals surface area contributed by atoms with E-state index >= 15 is 0 Å². The Kier molecular flexibility index (Phi) is 2.86. The summed E-state index contributed by atoms with van der Waals surface area (Å²) in [6, 6.07) is 7.88. The molecule has 2 nitrogen and oxygen atoms in total.